The molecule has 1 aromatic rings. The fraction of sp³-hybridized carbons (Fsp3) is 0.533. The Bertz CT molecular complexity index is 456. The molecule has 2 rings (SSSR count). The van der Waals surface area contributed by atoms with E-state index in [2.05, 4.69) is 15.5 Å². The monoisotopic (exact) mass is 313 g/mol. The highest BCUT2D eigenvalue weighted by Gasteiger charge is 2.22. The highest BCUT2D eigenvalue weighted by molar-refractivity contribution is 5.85. The van der Waals surface area contributed by atoms with Gasteiger partial charge in [0.15, 0.2) is 0 Å². The minimum absolute atomic E-state index is 0. The number of hydrogen-bond acceptors (Lipinski definition) is 4. The van der Waals surface area contributed by atoms with Crippen molar-refractivity contribution in [3.05, 3.63) is 29.8 Å². The lowest BCUT2D eigenvalue weighted by Gasteiger charge is -2.16. The molecule has 0 radical (unpaired) electrons. The second kappa shape index (κ2) is 8.87. The molecule has 2 N–H and O–H groups in total. The lowest BCUT2D eigenvalue weighted by molar-refractivity contribution is -0.122. The number of halogens is 1. The number of rotatable bonds is 6. The Balaban J connectivity index is 0.00000220. The molecule has 5 nitrogen and oxygen atoms in total. The zero-order valence-electron chi connectivity index (χ0n) is 12.6. The number of likely N-dealkylation sites (N-methyl/N-ethyl adjacent to an activating group) is 1. The summed E-state index contributed by atoms with van der Waals surface area (Å²) in [7, 11) is 3.61. The molecule has 1 unspecified atom stereocenters. The first-order chi connectivity index (χ1) is 9.72. The summed E-state index contributed by atoms with van der Waals surface area (Å²) in [5, 5.41) is 6.20. The molecular weight excluding hydrogens is 290 g/mol. The van der Waals surface area contributed by atoms with Crippen LogP contribution in [0.3, 0.4) is 0 Å². The minimum Gasteiger partial charge on any atom is -0.496 e. The molecule has 1 aliphatic heterocycles. The summed E-state index contributed by atoms with van der Waals surface area (Å²) in [4.78, 5) is 14.1. The molecule has 6 heteroatoms. The number of methoxy groups -OCH3 is 1. The van der Waals surface area contributed by atoms with Gasteiger partial charge in [0.05, 0.1) is 13.7 Å². The second-order valence-electron chi connectivity index (χ2n) is 5.10. The van der Waals surface area contributed by atoms with E-state index >= 15 is 0 Å². The summed E-state index contributed by atoms with van der Waals surface area (Å²) in [6, 6.07) is 8.25. The summed E-state index contributed by atoms with van der Waals surface area (Å²) in [6.45, 7) is 2.89. The van der Waals surface area contributed by atoms with Gasteiger partial charge in [-0.25, -0.2) is 0 Å². The third kappa shape index (κ3) is 5.19. The van der Waals surface area contributed by atoms with Crippen LogP contribution in [0.25, 0.3) is 0 Å². The standard InChI is InChI=1S/C15H23N3O2.ClH/c1-16-13-7-8-18(10-13)11-15(19)17-9-12-5-3-4-6-14(12)20-2;/h3-6,13,16H,7-11H2,1-2H3,(H,17,19);1H. The third-order valence-electron chi connectivity index (χ3n) is 3.72. The predicted octanol–water partition coefficient (Wildman–Crippen LogP) is 1.03. The smallest absolute Gasteiger partial charge is 0.234 e. The van der Waals surface area contributed by atoms with Crippen LogP contribution in [0, 0.1) is 0 Å². The molecule has 1 fully saturated rings. The summed E-state index contributed by atoms with van der Waals surface area (Å²) in [5.41, 5.74) is 0.998. The summed E-state index contributed by atoms with van der Waals surface area (Å²) >= 11 is 0. The Morgan fingerprint density at radius 1 is 1.43 bits per heavy atom. The van der Waals surface area contributed by atoms with E-state index in [1.54, 1.807) is 7.11 Å². The Morgan fingerprint density at radius 2 is 2.19 bits per heavy atom. The lowest BCUT2D eigenvalue weighted by Crippen LogP contribution is -2.37. The molecule has 118 valence electrons. The van der Waals surface area contributed by atoms with E-state index < -0.39 is 0 Å². The Labute approximate surface area is 132 Å². The number of carbonyl (C=O) groups excluding carboxylic acids is 1. The Morgan fingerprint density at radius 3 is 2.86 bits per heavy atom. The van der Waals surface area contributed by atoms with Gasteiger partial charge in [0.2, 0.25) is 5.91 Å². The molecule has 1 amide bonds. The average Bonchev–Trinajstić information content (AvgIpc) is 2.93. The fourth-order valence-corrected chi connectivity index (χ4v) is 2.51. The van der Waals surface area contributed by atoms with E-state index in [0.717, 1.165) is 30.8 Å². The van der Waals surface area contributed by atoms with Crippen LogP contribution < -0.4 is 15.4 Å². The number of likely N-dealkylation sites (tertiary alicyclic amines) is 1. The molecule has 1 aromatic carbocycles. The van der Waals surface area contributed by atoms with Gasteiger partial charge in [-0.15, -0.1) is 12.4 Å². The maximum absolute atomic E-state index is 12.0. The second-order valence-corrected chi connectivity index (χ2v) is 5.10. The van der Waals surface area contributed by atoms with E-state index in [0.29, 0.717) is 19.1 Å². The van der Waals surface area contributed by atoms with Gasteiger partial charge in [-0.3, -0.25) is 9.69 Å². The van der Waals surface area contributed by atoms with E-state index in [9.17, 15) is 4.79 Å². The van der Waals surface area contributed by atoms with Gasteiger partial charge in [0.1, 0.15) is 5.75 Å². The quantitative estimate of drug-likeness (QED) is 0.823. The van der Waals surface area contributed by atoms with Crippen molar-refractivity contribution in [2.24, 2.45) is 0 Å². The highest BCUT2D eigenvalue weighted by Crippen LogP contribution is 2.16. The van der Waals surface area contributed by atoms with E-state index in [-0.39, 0.29) is 18.3 Å². The first-order valence-electron chi connectivity index (χ1n) is 7.01. The fourth-order valence-electron chi connectivity index (χ4n) is 2.51. The van der Waals surface area contributed by atoms with Crippen molar-refractivity contribution in [3.63, 3.8) is 0 Å². The van der Waals surface area contributed by atoms with Crippen LogP contribution in [-0.4, -0.2) is 50.6 Å². The molecule has 0 bridgehead atoms. The summed E-state index contributed by atoms with van der Waals surface area (Å²) in [5.74, 6) is 0.872. The van der Waals surface area contributed by atoms with Gasteiger partial charge in [-0.1, -0.05) is 18.2 Å². The van der Waals surface area contributed by atoms with Crippen molar-refractivity contribution >= 4 is 18.3 Å². The molecular formula is C15H24ClN3O2. The number of benzene rings is 1. The molecule has 1 aliphatic rings. The largest absolute Gasteiger partial charge is 0.496 e. The molecule has 0 saturated carbocycles. The lowest BCUT2D eigenvalue weighted by atomic mass is 10.2. The first-order valence-corrected chi connectivity index (χ1v) is 7.01. The number of amides is 1. The Kier molecular flexibility index (Phi) is 7.50. The number of nitrogens with zero attached hydrogens (tertiary/aromatic N) is 1. The van der Waals surface area contributed by atoms with Gasteiger partial charge in [-0.2, -0.15) is 0 Å². The highest BCUT2D eigenvalue weighted by atomic mass is 35.5. The molecule has 0 aromatic heterocycles. The first kappa shape index (κ1) is 17.8. The normalized spacial score (nSPS) is 18.1. The third-order valence-corrected chi connectivity index (χ3v) is 3.72. The van der Waals surface area contributed by atoms with Crippen LogP contribution >= 0.6 is 12.4 Å². The zero-order valence-corrected chi connectivity index (χ0v) is 13.4. The van der Waals surface area contributed by atoms with Gasteiger partial charge in [-0.05, 0) is 19.5 Å². The zero-order chi connectivity index (χ0) is 14.4. The number of carbonyl (C=O) groups is 1. The molecule has 0 aliphatic carbocycles. The van der Waals surface area contributed by atoms with E-state index in [1.807, 2.05) is 31.3 Å². The van der Waals surface area contributed by atoms with Gasteiger partial charge >= 0.3 is 0 Å². The summed E-state index contributed by atoms with van der Waals surface area (Å²) in [6.07, 6.45) is 1.11. The SMILES string of the molecule is CNC1CCN(CC(=O)NCc2ccccc2OC)C1.Cl. The van der Waals surface area contributed by atoms with Crippen LogP contribution in [0.4, 0.5) is 0 Å². The molecule has 21 heavy (non-hydrogen) atoms. The van der Waals surface area contributed by atoms with Crippen LogP contribution in [-0.2, 0) is 11.3 Å². The van der Waals surface area contributed by atoms with Crippen molar-refractivity contribution in [3.8, 4) is 5.75 Å². The number of ether oxygens (including phenoxy) is 1. The minimum atomic E-state index is 0. The van der Waals surface area contributed by atoms with E-state index in [1.165, 1.54) is 0 Å². The van der Waals surface area contributed by atoms with Crippen LogP contribution in [0.1, 0.15) is 12.0 Å². The topological polar surface area (TPSA) is 53.6 Å². The number of para-hydroxylation sites is 1. The van der Waals surface area contributed by atoms with Crippen LogP contribution in [0.15, 0.2) is 24.3 Å². The van der Waals surface area contributed by atoms with Crippen LogP contribution in [0.2, 0.25) is 0 Å². The molecule has 1 atom stereocenters. The molecule has 1 heterocycles. The van der Waals surface area contributed by atoms with Crippen molar-refractivity contribution in [1.82, 2.24) is 15.5 Å². The van der Waals surface area contributed by atoms with Gasteiger partial charge < -0.3 is 15.4 Å². The van der Waals surface area contributed by atoms with Gasteiger partial charge in [0.25, 0.3) is 0 Å². The molecule has 1 saturated heterocycles. The van der Waals surface area contributed by atoms with E-state index in [4.69, 9.17) is 4.74 Å². The van der Waals surface area contributed by atoms with Crippen molar-refractivity contribution in [2.75, 3.05) is 33.8 Å². The average molecular weight is 314 g/mol. The van der Waals surface area contributed by atoms with Crippen molar-refractivity contribution in [2.45, 2.75) is 19.0 Å². The Hall–Kier alpha value is -1.30. The van der Waals surface area contributed by atoms with Crippen LogP contribution in [0.5, 0.6) is 5.75 Å². The number of nitrogens with one attached hydrogen (secondary N) is 2. The van der Waals surface area contributed by atoms with Crippen molar-refractivity contribution in [1.29, 1.82) is 0 Å². The van der Waals surface area contributed by atoms with Crippen molar-refractivity contribution < 1.29 is 9.53 Å². The number of hydrogen-bond donors (Lipinski definition) is 2. The maximum atomic E-state index is 12.0. The molecule has 0 spiro atoms. The van der Waals surface area contributed by atoms with Gasteiger partial charge in [0, 0.05) is 31.2 Å². The maximum Gasteiger partial charge on any atom is 0.234 e. The summed E-state index contributed by atoms with van der Waals surface area (Å²) < 4.78 is 5.27. The predicted molar refractivity (Wildman–Crippen MR) is 86.0 cm³/mol.